The molecule has 9 heteroatoms. The maximum absolute atomic E-state index is 12.3. The van der Waals surface area contributed by atoms with Crippen LogP contribution in [0.5, 0.6) is 5.75 Å². The van der Waals surface area contributed by atoms with Gasteiger partial charge in [0.05, 0.1) is 0 Å². The van der Waals surface area contributed by atoms with Crippen LogP contribution in [-0.2, 0) is 20.1 Å². The average Bonchev–Trinajstić information content (AvgIpc) is 3.31. The lowest BCUT2D eigenvalue weighted by molar-refractivity contribution is -0.0498. The number of benzene rings is 1. The highest BCUT2D eigenvalue weighted by Gasteiger charge is 2.18. The van der Waals surface area contributed by atoms with Crippen LogP contribution >= 0.6 is 0 Å². The minimum Gasteiger partial charge on any atom is -0.435 e. The molecule has 0 bridgehead atoms. The molecule has 0 saturated heterocycles. The Morgan fingerprint density at radius 3 is 2.55 bits per heavy atom. The molecular formula is C20H28F2N6O. The van der Waals surface area contributed by atoms with Crippen molar-refractivity contribution in [1.29, 1.82) is 0 Å². The van der Waals surface area contributed by atoms with Crippen molar-refractivity contribution >= 4 is 5.96 Å². The van der Waals surface area contributed by atoms with Crippen molar-refractivity contribution in [2.24, 2.45) is 12.0 Å². The van der Waals surface area contributed by atoms with Crippen LogP contribution in [-0.4, -0.2) is 45.3 Å². The largest absolute Gasteiger partial charge is 0.435 e. The summed E-state index contributed by atoms with van der Waals surface area (Å²) in [5.41, 5.74) is 0.976. The Morgan fingerprint density at radius 2 is 1.97 bits per heavy atom. The molecule has 0 radical (unpaired) electrons. The minimum absolute atomic E-state index is 0.155. The maximum Gasteiger partial charge on any atom is 0.387 e. The van der Waals surface area contributed by atoms with Gasteiger partial charge in [0.25, 0.3) is 0 Å². The summed E-state index contributed by atoms with van der Waals surface area (Å²) in [6, 6.07) is 7.10. The van der Waals surface area contributed by atoms with Gasteiger partial charge in [-0.25, -0.2) is 4.99 Å². The summed E-state index contributed by atoms with van der Waals surface area (Å²) in [5.74, 6) is 2.60. The van der Waals surface area contributed by atoms with Crippen molar-refractivity contribution in [3.8, 4) is 5.75 Å². The van der Waals surface area contributed by atoms with Crippen LogP contribution < -0.4 is 10.1 Å². The SMILES string of the molecule is Cc1nnc(CN=C(NC2CCCC2)N(C)Cc2ccc(OC(F)F)cc2)n1C. The van der Waals surface area contributed by atoms with Crippen LogP contribution in [0.25, 0.3) is 0 Å². The van der Waals surface area contributed by atoms with Gasteiger partial charge in [-0.2, -0.15) is 8.78 Å². The first kappa shape index (κ1) is 21.0. The second-order valence-corrected chi connectivity index (χ2v) is 7.37. The third kappa shape index (κ3) is 5.88. The Bertz CT molecular complexity index is 815. The molecule has 2 aromatic rings. The van der Waals surface area contributed by atoms with Crippen molar-refractivity contribution in [2.75, 3.05) is 7.05 Å². The molecule has 1 aliphatic carbocycles. The number of aliphatic imine (C=N–C) groups is 1. The smallest absolute Gasteiger partial charge is 0.387 e. The number of ether oxygens (including phenoxy) is 1. The molecule has 0 unspecified atom stereocenters. The lowest BCUT2D eigenvalue weighted by Crippen LogP contribution is -2.43. The van der Waals surface area contributed by atoms with E-state index in [-0.39, 0.29) is 5.75 Å². The lowest BCUT2D eigenvalue weighted by Gasteiger charge is -2.25. The number of rotatable bonds is 7. The molecule has 0 spiro atoms. The first-order valence-electron chi connectivity index (χ1n) is 9.83. The van der Waals surface area contributed by atoms with Gasteiger partial charge in [0.1, 0.15) is 18.1 Å². The number of nitrogens with zero attached hydrogens (tertiary/aromatic N) is 5. The van der Waals surface area contributed by atoms with Gasteiger partial charge < -0.3 is 19.5 Å². The molecule has 1 N–H and O–H groups in total. The summed E-state index contributed by atoms with van der Waals surface area (Å²) < 4.78 is 31.0. The number of guanidine groups is 1. The zero-order chi connectivity index (χ0) is 20.8. The van der Waals surface area contributed by atoms with Crippen LogP contribution in [0.15, 0.2) is 29.3 Å². The standard InChI is InChI=1S/C20H28F2N6O/c1-14-25-26-18(28(14)3)12-23-20(24-16-6-4-5-7-16)27(2)13-15-8-10-17(11-9-15)29-19(21)22/h8-11,16,19H,4-7,12-13H2,1-3H3,(H,23,24). The van der Waals surface area contributed by atoms with Crippen LogP contribution in [0, 0.1) is 6.92 Å². The van der Waals surface area contributed by atoms with Crippen LogP contribution in [0.3, 0.4) is 0 Å². The highest BCUT2D eigenvalue weighted by Crippen LogP contribution is 2.19. The zero-order valence-corrected chi connectivity index (χ0v) is 17.1. The van der Waals surface area contributed by atoms with Gasteiger partial charge in [-0.15, -0.1) is 10.2 Å². The van der Waals surface area contributed by atoms with E-state index in [2.05, 4.69) is 20.3 Å². The molecule has 0 atom stereocenters. The van der Waals surface area contributed by atoms with Crippen molar-refractivity contribution in [1.82, 2.24) is 25.0 Å². The molecule has 29 heavy (non-hydrogen) atoms. The molecule has 158 valence electrons. The Labute approximate surface area is 169 Å². The minimum atomic E-state index is -2.82. The fourth-order valence-corrected chi connectivity index (χ4v) is 3.39. The summed E-state index contributed by atoms with van der Waals surface area (Å²) in [6.45, 7) is 0.108. The molecule has 1 saturated carbocycles. The van der Waals surface area contributed by atoms with E-state index in [1.807, 2.05) is 30.5 Å². The summed E-state index contributed by atoms with van der Waals surface area (Å²) in [7, 11) is 3.89. The van der Waals surface area contributed by atoms with Gasteiger partial charge >= 0.3 is 6.61 Å². The molecule has 0 aliphatic heterocycles. The fourth-order valence-electron chi connectivity index (χ4n) is 3.39. The van der Waals surface area contributed by atoms with E-state index in [0.29, 0.717) is 19.1 Å². The monoisotopic (exact) mass is 406 g/mol. The molecule has 0 amide bonds. The van der Waals surface area contributed by atoms with Crippen molar-refractivity contribution in [3.63, 3.8) is 0 Å². The molecule has 3 rings (SSSR count). The lowest BCUT2D eigenvalue weighted by atomic mass is 10.2. The third-order valence-corrected chi connectivity index (χ3v) is 5.17. The highest BCUT2D eigenvalue weighted by molar-refractivity contribution is 5.80. The fraction of sp³-hybridized carbons (Fsp3) is 0.550. The van der Waals surface area contributed by atoms with E-state index < -0.39 is 6.61 Å². The van der Waals surface area contributed by atoms with Crippen molar-refractivity contribution < 1.29 is 13.5 Å². The van der Waals surface area contributed by atoms with Crippen LogP contribution in [0.4, 0.5) is 8.78 Å². The first-order valence-corrected chi connectivity index (χ1v) is 9.83. The predicted octanol–water partition coefficient (Wildman–Crippen LogP) is 3.25. The van der Waals surface area contributed by atoms with Gasteiger partial charge in [0.15, 0.2) is 11.8 Å². The second kappa shape index (κ2) is 9.67. The average molecular weight is 406 g/mol. The van der Waals surface area contributed by atoms with E-state index in [1.54, 1.807) is 24.3 Å². The summed E-state index contributed by atoms with van der Waals surface area (Å²) in [4.78, 5) is 6.80. The topological polar surface area (TPSA) is 67.6 Å². The maximum atomic E-state index is 12.3. The number of hydrogen-bond acceptors (Lipinski definition) is 4. The normalized spacial score (nSPS) is 15.2. The first-order chi connectivity index (χ1) is 13.9. The number of hydrogen-bond donors (Lipinski definition) is 1. The zero-order valence-electron chi connectivity index (χ0n) is 17.1. The molecule has 1 heterocycles. The molecule has 1 fully saturated rings. The van der Waals surface area contributed by atoms with Crippen LogP contribution in [0.1, 0.15) is 42.9 Å². The van der Waals surface area contributed by atoms with Gasteiger partial charge in [0.2, 0.25) is 0 Å². The van der Waals surface area contributed by atoms with Crippen LogP contribution in [0.2, 0.25) is 0 Å². The van der Waals surface area contributed by atoms with E-state index in [0.717, 1.165) is 36.0 Å². The molecule has 7 nitrogen and oxygen atoms in total. The van der Waals surface area contributed by atoms with Gasteiger partial charge in [0, 0.05) is 26.7 Å². The Morgan fingerprint density at radius 1 is 1.28 bits per heavy atom. The Hall–Kier alpha value is -2.71. The van der Waals surface area contributed by atoms with E-state index in [1.165, 1.54) is 12.8 Å². The van der Waals surface area contributed by atoms with E-state index in [9.17, 15) is 8.78 Å². The van der Waals surface area contributed by atoms with Gasteiger partial charge in [-0.1, -0.05) is 25.0 Å². The van der Waals surface area contributed by atoms with E-state index >= 15 is 0 Å². The second-order valence-electron chi connectivity index (χ2n) is 7.37. The third-order valence-electron chi connectivity index (χ3n) is 5.17. The van der Waals surface area contributed by atoms with Gasteiger partial charge in [-0.3, -0.25) is 0 Å². The van der Waals surface area contributed by atoms with Gasteiger partial charge in [-0.05, 0) is 37.5 Å². The summed E-state index contributed by atoms with van der Waals surface area (Å²) in [6.07, 6.45) is 4.72. The number of nitrogens with one attached hydrogen (secondary N) is 1. The summed E-state index contributed by atoms with van der Waals surface area (Å²) in [5, 5.41) is 11.8. The quantitative estimate of drug-likeness (QED) is 0.565. The van der Waals surface area contributed by atoms with Crippen molar-refractivity contribution in [2.45, 2.75) is 58.3 Å². The number of aromatic nitrogens is 3. The number of halogens is 2. The Balaban J connectivity index is 1.70. The van der Waals surface area contributed by atoms with E-state index in [4.69, 9.17) is 4.99 Å². The molecular weight excluding hydrogens is 378 g/mol. The predicted molar refractivity (Wildman–Crippen MR) is 107 cm³/mol. The summed E-state index contributed by atoms with van der Waals surface area (Å²) >= 11 is 0. The molecule has 1 aromatic carbocycles. The molecule has 1 aromatic heterocycles. The van der Waals surface area contributed by atoms with Crippen molar-refractivity contribution in [3.05, 3.63) is 41.5 Å². The highest BCUT2D eigenvalue weighted by atomic mass is 19.3. The number of alkyl halides is 2. The number of aryl methyl sites for hydroxylation is 1. The molecule has 1 aliphatic rings. The Kier molecular flexibility index (Phi) is 7.00.